The van der Waals surface area contributed by atoms with Crippen LogP contribution in [0, 0.1) is 5.41 Å². The summed E-state index contributed by atoms with van der Waals surface area (Å²) in [6.07, 6.45) is 13.5. The topological polar surface area (TPSA) is 35.2 Å². The van der Waals surface area contributed by atoms with Gasteiger partial charge in [0.15, 0.2) is 0 Å². The Kier molecular flexibility index (Phi) is 7.87. The fourth-order valence-electron chi connectivity index (χ4n) is 2.83. The minimum atomic E-state index is 0.321. The van der Waals surface area contributed by atoms with Gasteiger partial charge >= 0.3 is 0 Å². The van der Waals surface area contributed by atoms with E-state index in [1.165, 1.54) is 64.2 Å². The van der Waals surface area contributed by atoms with Crippen LogP contribution in [-0.2, 0) is 4.74 Å². The molecule has 0 amide bonds. The highest BCUT2D eigenvalue weighted by atomic mass is 16.5. The highest BCUT2D eigenvalue weighted by Gasteiger charge is 2.30. The third kappa shape index (κ3) is 5.87. The minimum absolute atomic E-state index is 0.321. The normalized spacial score (nSPS) is 25.1. The van der Waals surface area contributed by atoms with Gasteiger partial charge in [0.25, 0.3) is 0 Å². The Labute approximate surface area is 107 Å². The van der Waals surface area contributed by atoms with Gasteiger partial charge in [0.2, 0.25) is 0 Å². The minimum Gasteiger partial charge on any atom is -0.381 e. The molecule has 1 aliphatic heterocycles. The van der Waals surface area contributed by atoms with Crippen molar-refractivity contribution in [2.24, 2.45) is 11.1 Å². The van der Waals surface area contributed by atoms with Crippen LogP contribution in [0.5, 0.6) is 0 Å². The van der Waals surface area contributed by atoms with Crippen LogP contribution in [0.3, 0.4) is 0 Å². The molecule has 2 nitrogen and oxygen atoms in total. The van der Waals surface area contributed by atoms with Crippen LogP contribution in [0.1, 0.15) is 71.1 Å². The van der Waals surface area contributed by atoms with E-state index in [2.05, 4.69) is 6.92 Å². The van der Waals surface area contributed by atoms with Gasteiger partial charge in [-0.25, -0.2) is 0 Å². The second kappa shape index (κ2) is 8.93. The van der Waals surface area contributed by atoms with Gasteiger partial charge in [-0.2, -0.15) is 0 Å². The summed E-state index contributed by atoms with van der Waals surface area (Å²) in [6.45, 7) is 4.93. The van der Waals surface area contributed by atoms with E-state index >= 15 is 0 Å². The molecule has 1 saturated heterocycles. The summed E-state index contributed by atoms with van der Waals surface area (Å²) >= 11 is 0. The third-order valence-corrected chi connectivity index (χ3v) is 4.15. The van der Waals surface area contributed by atoms with Crippen molar-refractivity contribution < 1.29 is 4.74 Å². The Morgan fingerprint density at radius 1 is 1.06 bits per heavy atom. The predicted molar refractivity (Wildman–Crippen MR) is 74.2 cm³/mol. The Hall–Kier alpha value is -0.0800. The van der Waals surface area contributed by atoms with Gasteiger partial charge in [-0.15, -0.1) is 0 Å². The van der Waals surface area contributed by atoms with Crippen LogP contribution in [0.25, 0.3) is 0 Å². The maximum absolute atomic E-state index is 5.94. The molecule has 0 saturated carbocycles. The molecule has 1 rings (SSSR count). The summed E-state index contributed by atoms with van der Waals surface area (Å²) in [5, 5.41) is 0. The van der Waals surface area contributed by atoms with E-state index in [1.807, 2.05) is 0 Å². The predicted octanol–water partition coefficient (Wildman–Crippen LogP) is 3.88. The van der Waals surface area contributed by atoms with Gasteiger partial charge in [-0.05, 0) is 19.3 Å². The number of hydrogen-bond acceptors (Lipinski definition) is 2. The van der Waals surface area contributed by atoms with Crippen LogP contribution in [0.15, 0.2) is 0 Å². The van der Waals surface area contributed by atoms with Crippen LogP contribution in [-0.4, -0.2) is 19.8 Å². The summed E-state index contributed by atoms with van der Waals surface area (Å²) in [5.74, 6) is 0. The lowest BCUT2D eigenvalue weighted by Gasteiger charge is -2.36. The Morgan fingerprint density at radius 3 is 2.35 bits per heavy atom. The molecule has 0 spiro atoms. The van der Waals surface area contributed by atoms with Gasteiger partial charge in [0.05, 0.1) is 6.61 Å². The van der Waals surface area contributed by atoms with Crippen LogP contribution >= 0.6 is 0 Å². The first-order valence-electron chi connectivity index (χ1n) is 7.61. The number of unbranched alkanes of at least 4 members (excludes halogenated alkanes) is 6. The Balaban J connectivity index is 2.03. The maximum atomic E-state index is 5.94. The molecule has 102 valence electrons. The summed E-state index contributed by atoms with van der Waals surface area (Å²) in [5.41, 5.74) is 6.26. The molecular weight excluding hydrogens is 210 g/mol. The molecule has 1 unspecified atom stereocenters. The molecule has 0 aliphatic carbocycles. The summed E-state index contributed by atoms with van der Waals surface area (Å²) < 4.78 is 5.61. The van der Waals surface area contributed by atoms with Gasteiger partial charge in [0.1, 0.15) is 0 Å². The quantitative estimate of drug-likeness (QED) is 0.622. The molecule has 1 heterocycles. The summed E-state index contributed by atoms with van der Waals surface area (Å²) in [4.78, 5) is 0. The molecule has 0 aromatic heterocycles. The van der Waals surface area contributed by atoms with Gasteiger partial charge in [-0.3, -0.25) is 0 Å². The Bertz CT molecular complexity index is 176. The standard InChI is InChI=1S/C15H31NO/c1-2-3-4-5-6-7-8-10-15(13-16)11-9-12-17-14-15/h2-14,16H2,1H3. The third-order valence-electron chi connectivity index (χ3n) is 4.15. The highest BCUT2D eigenvalue weighted by Crippen LogP contribution is 2.33. The molecule has 2 heteroatoms. The molecule has 1 atom stereocenters. The van der Waals surface area contributed by atoms with Gasteiger partial charge in [0, 0.05) is 18.6 Å². The first-order valence-corrected chi connectivity index (χ1v) is 7.61. The smallest absolute Gasteiger partial charge is 0.0534 e. The van der Waals surface area contributed by atoms with E-state index in [1.54, 1.807) is 0 Å². The lowest BCUT2D eigenvalue weighted by atomic mass is 9.78. The zero-order chi connectivity index (χ0) is 12.4. The van der Waals surface area contributed by atoms with E-state index in [0.29, 0.717) is 5.41 Å². The van der Waals surface area contributed by atoms with E-state index in [0.717, 1.165) is 19.8 Å². The van der Waals surface area contributed by atoms with Crippen LogP contribution < -0.4 is 5.73 Å². The van der Waals surface area contributed by atoms with Crippen molar-refractivity contribution in [1.82, 2.24) is 0 Å². The van der Waals surface area contributed by atoms with Gasteiger partial charge in [-0.1, -0.05) is 51.9 Å². The van der Waals surface area contributed by atoms with E-state index < -0.39 is 0 Å². The van der Waals surface area contributed by atoms with Gasteiger partial charge < -0.3 is 10.5 Å². The van der Waals surface area contributed by atoms with Crippen molar-refractivity contribution >= 4 is 0 Å². The molecule has 17 heavy (non-hydrogen) atoms. The Morgan fingerprint density at radius 2 is 1.76 bits per heavy atom. The fraction of sp³-hybridized carbons (Fsp3) is 1.00. The SMILES string of the molecule is CCCCCCCCCC1(CN)CCCOC1. The maximum Gasteiger partial charge on any atom is 0.0534 e. The average molecular weight is 241 g/mol. The largest absolute Gasteiger partial charge is 0.381 e. The first kappa shape index (κ1) is 15.0. The number of nitrogens with two attached hydrogens (primary N) is 1. The van der Waals surface area contributed by atoms with Crippen LogP contribution in [0.2, 0.25) is 0 Å². The molecule has 0 aromatic carbocycles. The first-order chi connectivity index (χ1) is 8.33. The zero-order valence-corrected chi connectivity index (χ0v) is 11.7. The van der Waals surface area contributed by atoms with Crippen molar-refractivity contribution in [2.75, 3.05) is 19.8 Å². The average Bonchev–Trinajstić information content (AvgIpc) is 2.39. The molecule has 1 fully saturated rings. The molecule has 1 aliphatic rings. The van der Waals surface area contributed by atoms with Crippen molar-refractivity contribution in [3.05, 3.63) is 0 Å². The number of ether oxygens (including phenoxy) is 1. The molecule has 0 bridgehead atoms. The fourth-order valence-corrected chi connectivity index (χ4v) is 2.83. The molecular formula is C15H31NO. The monoisotopic (exact) mass is 241 g/mol. The molecule has 0 radical (unpaired) electrons. The van der Waals surface area contributed by atoms with Crippen LogP contribution in [0.4, 0.5) is 0 Å². The second-order valence-corrected chi connectivity index (χ2v) is 5.73. The lowest BCUT2D eigenvalue weighted by Crippen LogP contribution is -2.38. The molecule has 2 N–H and O–H groups in total. The number of rotatable bonds is 9. The molecule has 0 aromatic rings. The zero-order valence-electron chi connectivity index (χ0n) is 11.7. The second-order valence-electron chi connectivity index (χ2n) is 5.73. The van der Waals surface area contributed by atoms with E-state index in [-0.39, 0.29) is 0 Å². The van der Waals surface area contributed by atoms with E-state index in [9.17, 15) is 0 Å². The van der Waals surface area contributed by atoms with Crippen molar-refractivity contribution in [1.29, 1.82) is 0 Å². The van der Waals surface area contributed by atoms with Crippen molar-refractivity contribution in [3.63, 3.8) is 0 Å². The lowest BCUT2D eigenvalue weighted by molar-refractivity contribution is -0.00874. The highest BCUT2D eigenvalue weighted by molar-refractivity contribution is 4.82. The van der Waals surface area contributed by atoms with Crippen molar-refractivity contribution in [3.8, 4) is 0 Å². The number of hydrogen-bond donors (Lipinski definition) is 1. The summed E-state index contributed by atoms with van der Waals surface area (Å²) in [7, 11) is 0. The summed E-state index contributed by atoms with van der Waals surface area (Å²) in [6, 6.07) is 0. The van der Waals surface area contributed by atoms with Crippen molar-refractivity contribution in [2.45, 2.75) is 71.1 Å². The van der Waals surface area contributed by atoms with E-state index in [4.69, 9.17) is 10.5 Å².